The molecule has 0 saturated carbocycles. The summed E-state index contributed by atoms with van der Waals surface area (Å²) >= 11 is 1.59. The van der Waals surface area contributed by atoms with E-state index in [0.717, 1.165) is 11.0 Å². The number of carbonyl (C=O) groups is 2. The largest absolute Gasteiger partial charge is 0.504 e. The number of hydrogen-bond donors (Lipinski definition) is 3. The van der Waals surface area contributed by atoms with Crippen molar-refractivity contribution < 1.29 is 34.0 Å². The number of benzene rings is 2. The van der Waals surface area contributed by atoms with Crippen LogP contribution < -0.4 is 10.1 Å². The van der Waals surface area contributed by atoms with Crippen molar-refractivity contribution in [3.63, 3.8) is 0 Å². The lowest BCUT2D eigenvalue weighted by Gasteiger charge is -2.27. The lowest BCUT2D eigenvalue weighted by molar-refractivity contribution is -0.131. The van der Waals surface area contributed by atoms with Crippen LogP contribution in [0.2, 0.25) is 0 Å². The number of phenolic OH excluding ortho intramolecular Hbond substituents is 1. The molecule has 0 heterocycles. The smallest absolute Gasteiger partial charge is 0.412 e. The molecule has 0 aliphatic heterocycles. The summed E-state index contributed by atoms with van der Waals surface area (Å²) in [5.41, 5.74) is 1.09. The zero-order valence-corrected chi connectivity index (χ0v) is 19.6. The van der Waals surface area contributed by atoms with Gasteiger partial charge in [0.1, 0.15) is 0 Å². The van der Waals surface area contributed by atoms with Gasteiger partial charge in [-0.05, 0) is 68.0 Å². The Hall–Kier alpha value is -3.17. The SMILES string of the molecule is CCO[C@H](CC/C=C/C(=O)O)[C@H](OC(=O)Nc1ccc(SC)cc1)c1ccc(OC)c(O)c1. The van der Waals surface area contributed by atoms with Crippen LogP contribution in [0.5, 0.6) is 11.5 Å². The number of carbonyl (C=O) groups excluding carboxylic acids is 1. The Morgan fingerprint density at radius 1 is 1.18 bits per heavy atom. The predicted molar refractivity (Wildman–Crippen MR) is 127 cm³/mol. The second-order valence-corrected chi connectivity index (χ2v) is 7.80. The zero-order valence-electron chi connectivity index (χ0n) is 18.8. The molecule has 1 amide bonds. The molecule has 33 heavy (non-hydrogen) atoms. The number of carboxylic acid groups (broad SMARTS) is 1. The van der Waals surface area contributed by atoms with Crippen LogP contribution in [0.4, 0.5) is 10.5 Å². The summed E-state index contributed by atoms with van der Waals surface area (Å²) < 4.78 is 16.7. The molecule has 0 radical (unpaired) electrons. The fraction of sp³-hybridized carbons (Fsp3) is 0.333. The molecule has 9 heteroatoms. The number of amides is 1. The molecule has 0 unspecified atom stereocenters. The monoisotopic (exact) mass is 475 g/mol. The van der Waals surface area contributed by atoms with E-state index in [-0.39, 0.29) is 11.5 Å². The Morgan fingerprint density at radius 2 is 1.91 bits per heavy atom. The highest BCUT2D eigenvalue weighted by Gasteiger charge is 2.28. The minimum Gasteiger partial charge on any atom is -0.504 e. The minimum atomic E-state index is -1.04. The van der Waals surface area contributed by atoms with Crippen molar-refractivity contribution in [1.82, 2.24) is 0 Å². The van der Waals surface area contributed by atoms with Crippen LogP contribution in [0.15, 0.2) is 59.5 Å². The maximum absolute atomic E-state index is 12.7. The number of nitrogens with one attached hydrogen (secondary N) is 1. The van der Waals surface area contributed by atoms with Gasteiger partial charge in [-0.15, -0.1) is 11.8 Å². The van der Waals surface area contributed by atoms with Gasteiger partial charge in [-0.3, -0.25) is 5.32 Å². The molecule has 0 spiro atoms. The summed E-state index contributed by atoms with van der Waals surface area (Å²) in [5.74, 6) is -0.853. The molecular formula is C24H29NO7S. The van der Waals surface area contributed by atoms with Crippen molar-refractivity contribution in [2.45, 2.75) is 36.9 Å². The molecule has 2 aromatic carbocycles. The topological polar surface area (TPSA) is 114 Å². The van der Waals surface area contributed by atoms with Crippen molar-refractivity contribution in [1.29, 1.82) is 0 Å². The number of ether oxygens (including phenoxy) is 3. The summed E-state index contributed by atoms with van der Waals surface area (Å²) in [6.45, 7) is 2.17. The molecule has 2 atom stereocenters. The number of thioether (sulfide) groups is 1. The number of carboxylic acids is 1. The molecule has 0 aliphatic rings. The highest BCUT2D eigenvalue weighted by Crippen LogP contribution is 2.34. The van der Waals surface area contributed by atoms with Crippen LogP contribution in [-0.2, 0) is 14.3 Å². The van der Waals surface area contributed by atoms with Gasteiger partial charge < -0.3 is 24.4 Å². The van der Waals surface area contributed by atoms with Gasteiger partial charge in [0.05, 0.1) is 13.2 Å². The van der Waals surface area contributed by atoms with Gasteiger partial charge in [-0.2, -0.15) is 0 Å². The van der Waals surface area contributed by atoms with E-state index in [9.17, 15) is 14.7 Å². The fourth-order valence-electron chi connectivity index (χ4n) is 3.16. The van der Waals surface area contributed by atoms with Gasteiger partial charge in [-0.25, -0.2) is 9.59 Å². The second-order valence-electron chi connectivity index (χ2n) is 6.92. The summed E-state index contributed by atoms with van der Waals surface area (Å²) in [6.07, 6.45) is 3.22. The van der Waals surface area contributed by atoms with Crippen LogP contribution in [-0.4, -0.2) is 48.4 Å². The van der Waals surface area contributed by atoms with Crippen molar-refractivity contribution in [2.24, 2.45) is 0 Å². The molecule has 2 aromatic rings. The molecule has 0 aliphatic carbocycles. The molecule has 0 fully saturated rings. The van der Waals surface area contributed by atoms with E-state index in [1.165, 1.54) is 19.3 Å². The van der Waals surface area contributed by atoms with Crippen molar-refractivity contribution in [2.75, 3.05) is 25.3 Å². The van der Waals surface area contributed by atoms with Crippen LogP contribution in [0, 0.1) is 0 Å². The third kappa shape index (κ3) is 8.36. The van der Waals surface area contributed by atoms with Crippen molar-refractivity contribution in [3.05, 3.63) is 60.2 Å². The van der Waals surface area contributed by atoms with Gasteiger partial charge >= 0.3 is 12.1 Å². The number of hydrogen-bond acceptors (Lipinski definition) is 7. The first-order chi connectivity index (χ1) is 15.9. The fourth-order valence-corrected chi connectivity index (χ4v) is 3.57. The molecule has 0 saturated heterocycles. The highest BCUT2D eigenvalue weighted by molar-refractivity contribution is 7.98. The Bertz CT molecular complexity index is 946. The van der Waals surface area contributed by atoms with E-state index in [1.54, 1.807) is 36.0 Å². The van der Waals surface area contributed by atoms with E-state index < -0.39 is 24.3 Å². The maximum Gasteiger partial charge on any atom is 0.412 e. The minimum absolute atomic E-state index is 0.0994. The number of phenols is 1. The first kappa shape index (κ1) is 26.1. The normalized spacial score (nSPS) is 12.8. The lowest BCUT2D eigenvalue weighted by Crippen LogP contribution is -2.29. The van der Waals surface area contributed by atoms with Crippen LogP contribution in [0.25, 0.3) is 0 Å². The lowest BCUT2D eigenvalue weighted by atomic mass is 9.99. The number of rotatable bonds is 12. The van der Waals surface area contributed by atoms with Gasteiger partial charge in [0.15, 0.2) is 17.6 Å². The summed E-state index contributed by atoms with van der Waals surface area (Å²) in [6, 6.07) is 12.0. The van der Waals surface area contributed by atoms with Crippen molar-refractivity contribution in [3.8, 4) is 11.5 Å². The van der Waals surface area contributed by atoms with Gasteiger partial charge in [-0.1, -0.05) is 12.1 Å². The molecule has 0 bridgehead atoms. The van der Waals surface area contributed by atoms with E-state index in [2.05, 4.69) is 5.32 Å². The molecule has 2 rings (SSSR count). The summed E-state index contributed by atoms with van der Waals surface area (Å²) in [7, 11) is 1.44. The van der Waals surface area contributed by atoms with Gasteiger partial charge in [0.2, 0.25) is 0 Å². The molecule has 178 valence electrons. The number of aromatic hydroxyl groups is 1. The molecule has 8 nitrogen and oxygen atoms in total. The Balaban J connectivity index is 2.26. The number of anilines is 1. The number of aliphatic carboxylic acids is 1. The third-order valence-corrected chi connectivity index (χ3v) is 5.44. The summed E-state index contributed by atoms with van der Waals surface area (Å²) in [5, 5.41) is 21.8. The van der Waals surface area contributed by atoms with E-state index >= 15 is 0 Å². The average Bonchev–Trinajstić information content (AvgIpc) is 2.80. The van der Waals surface area contributed by atoms with Crippen LogP contribution >= 0.6 is 11.8 Å². The summed E-state index contributed by atoms with van der Waals surface area (Å²) in [4.78, 5) is 24.5. The maximum atomic E-state index is 12.7. The highest BCUT2D eigenvalue weighted by atomic mass is 32.2. The molecule has 0 aromatic heterocycles. The first-order valence-electron chi connectivity index (χ1n) is 10.4. The average molecular weight is 476 g/mol. The molecule has 3 N–H and O–H groups in total. The van der Waals surface area contributed by atoms with E-state index in [4.69, 9.17) is 19.3 Å². The number of allylic oxidation sites excluding steroid dienone is 1. The van der Waals surface area contributed by atoms with Gasteiger partial charge in [0.25, 0.3) is 0 Å². The first-order valence-corrected chi connectivity index (χ1v) is 11.6. The number of methoxy groups -OCH3 is 1. The molecular weight excluding hydrogens is 446 g/mol. The zero-order chi connectivity index (χ0) is 24.2. The van der Waals surface area contributed by atoms with Crippen LogP contribution in [0.3, 0.4) is 0 Å². The standard InChI is InChI=1S/C24H29NO7S/c1-4-31-21(7-5-6-8-22(27)28)23(16-9-14-20(30-2)19(26)15-16)32-24(29)25-17-10-12-18(33-3)13-11-17/h6,8-15,21,23,26H,4-5,7H2,1-3H3,(H,25,29)(H,27,28)/b8-6+/t21-,23-/m1/s1. The predicted octanol–water partition coefficient (Wildman–Crippen LogP) is 5.24. The second kappa shape index (κ2) is 13.4. The Morgan fingerprint density at radius 3 is 2.48 bits per heavy atom. The van der Waals surface area contributed by atoms with Gasteiger partial charge in [0, 0.05) is 23.3 Å². The van der Waals surface area contributed by atoms with E-state index in [0.29, 0.717) is 30.7 Å². The van der Waals surface area contributed by atoms with Crippen molar-refractivity contribution >= 4 is 29.5 Å². The Labute approximate surface area is 197 Å². The Kier molecular flexibility index (Phi) is 10.6. The van der Waals surface area contributed by atoms with E-state index in [1.807, 2.05) is 25.3 Å². The van der Waals surface area contributed by atoms with Crippen LogP contribution in [0.1, 0.15) is 31.4 Å². The third-order valence-electron chi connectivity index (χ3n) is 4.70. The quantitative estimate of drug-likeness (QED) is 0.282.